The summed E-state index contributed by atoms with van der Waals surface area (Å²) in [6, 6.07) is 0. The van der Waals surface area contributed by atoms with Gasteiger partial charge in [0.1, 0.15) is 146 Å². The first-order chi connectivity index (χ1) is 33.4. The van der Waals surface area contributed by atoms with Gasteiger partial charge in [-0.15, -0.1) is 0 Å². The maximum Gasteiger partial charge on any atom is 0.472 e. The molecule has 0 unspecified atom stereocenters. The Morgan fingerprint density at radius 3 is 0.704 bits per heavy atom. The van der Waals surface area contributed by atoms with E-state index in [9.17, 15) is 102 Å². The van der Waals surface area contributed by atoms with Gasteiger partial charge in [0.2, 0.25) is 0 Å². The normalized spacial score (nSPS) is 51.3. The van der Waals surface area contributed by atoms with Gasteiger partial charge in [-0.3, -0.25) is 4.52 Å². The van der Waals surface area contributed by atoms with E-state index in [-0.39, 0.29) is 0 Å². The summed E-state index contributed by atoms with van der Waals surface area (Å²) >= 11 is 0. The fourth-order valence-electron chi connectivity index (χ4n) is 8.73. The molecule has 0 saturated carbocycles. The third-order valence-corrected chi connectivity index (χ3v) is 13.1. The molecule has 71 heavy (non-hydrogen) atoms. The molecule has 6 rings (SSSR count). The lowest BCUT2D eigenvalue weighted by molar-refractivity contribution is -0.395. The number of phosphoric ester groups is 1. The summed E-state index contributed by atoms with van der Waals surface area (Å²) in [6.45, 7) is -6.00. The van der Waals surface area contributed by atoms with Crippen molar-refractivity contribution in [1.29, 1.82) is 0 Å². The minimum Gasteiger partial charge on any atom is -0.394 e. The van der Waals surface area contributed by atoms with Crippen LogP contribution in [-0.4, -0.2) is 331 Å². The quantitative estimate of drug-likeness (QED) is 0.0567. The second-order valence-corrected chi connectivity index (χ2v) is 18.5. The van der Waals surface area contributed by atoms with Crippen LogP contribution in [0.2, 0.25) is 0 Å². The zero-order valence-electron chi connectivity index (χ0n) is 36.7. The number of aliphatic hydroxyl groups excluding tert-OH is 19. The van der Waals surface area contributed by atoms with Crippen LogP contribution in [0, 0.1) is 0 Å². The van der Waals surface area contributed by atoms with E-state index < -0.39 is 232 Å². The lowest BCUT2D eigenvalue weighted by atomic mass is 9.95. The molecule has 6 saturated heterocycles. The minimum atomic E-state index is -5.30. The first-order valence-electron chi connectivity index (χ1n) is 21.9. The molecule has 34 nitrogen and oxygen atoms in total. The summed E-state index contributed by atoms with van der Waals surface area (Å²) < 4.78 is 76.1. The van der Waals surface area contributed by atoms with Gasteiger partial charge < -0.3 is 159 Å². The highest BCUT2D eigenvalue weighted by Crippen LogP contribution is 2.42. The minimum absolute atomic E-state index is 0.840. The molecule has 0 radical (unpaired) electrons. The monoisotopic (exact) mass is 1070 g/mol. The van der Waals surface area contributed by atoms with Crippen molar-refractivity contribution in [3.63, 3.8) is 0 Å². The van der Waals surface area contributed by atoms with Crippen LogP contribution in [0.5, 0.6) is 0 Å². The topological polar surface area (TPSA) is 553 Å². The predicted octanol–water partition coefficient (Wildman–Crippen LogP) is -14.0. The van der Waals surface area contributed by atoms with Crippen molar-refractivity contribution in [2.45, 2.75) is 184 Å². The molecule has 0 aromatic carbocycles. The van der Waals surface area contributed by atoms with E-state index >= 15 is 0 Å². The van der Waals surface area contributed by atoms with Crippen molar-refractivity contribution >= 4 is 7.82 Å². The molecule has 0 bridgehead atoms. The van der Waals surface area contributed by atoms with Gasteiger partial charge in [0.25, 0.3) is 0 Å². The lowest BCUT2D eigenvalue weighted by Crippen LogP contribution is -2.68. The molecule has 6 fully saturated rings. The van der Waals surface area contributed by atoms with Gasteiger partial charge in [0.15, 0.2) is 37.7 Å². The van der Waals surface area contributed by atoms with Crippen molar-refractivity contribution in [2.24, 2.45) is 0 Å². The second kappa shape index (κ2) is 24.9. The number of hydrogen-bond acceptors (Lipinski definition) is 32. The SMILES string of the molecule is O=P(O)(O)O[C@H]1O[C@H](CO)[C@@H](O[C@H]2O[C@H](CO)[C@@H](O[C@H]3O[C@H](CO)[C@@H](O[C@H]4O[C@H](CO)[C@@H](O[C@H]5O[C@H](CO)[C@@H](O[C@H]6O[C@H](CO)[C@@H](O)[C@H](O)[C@H]6O)[C@H](O)[C@H]5O)[C@H](O)[C@H]4O)[C@H](O)[C@H]3O)[C@H](O)[C@H]2O)[C@H](O)[C@H]1O. The van der Waals surface area contributed by atoms with Crippen molar-refractivity contribution in [1.82, 2.24) is 0 Å². The highest BCUT2D eigenvalue weighted by atomic mass is 31.2. The van der Waals surface area contributed by atoms with E-state index in [1.807, 2.05) is 0 Å². The summed E-state index contributed by atoms with van der Waals surface area (Å²) in [5.41, 5.74) is 0. The van der Waals surface area contributed by atoms with Gasteiger partial charge in [-0.25, -0.2) is 4.57 Å². The fourth-order valence-corrected chi connectivity index (χ4v) is 9.17. The van der Waals surface area contributed by atoms with E-state index in [0.29, 0.717) is 0 Å². The molecule has 30 atom stereocenters. The molecule has 0 spiro atoms. The molecule has 6 aliphatic heterocycles. The van der Waals surface area contributed by atoms with E-state index in [4.69, 9.17) is 61.9 Å². The number of hydrogen-bond donors (Lipinski definition) is 21. The Balaban J connectivity index is 1.06. The van der Waals surface area contributed by atoms with Gasteiger partial charge in [-0.1, -0.05) is 0 Å². The van der Waals surface area contributed by atoms with Crippen molar-refractivity contribution in [3.05, 3.63) is 0 Å². The summed E-state index contributed by atoms with van der Waals surface area (Å²) in [4.78, 5) is 18.2. The van der Waals surface area contributed by atoms with Crippen LogP contribution in [0.15, 0.2) is 0 Å². The molecule has 416 valence electrons. The van der Waals surface area contributed by atoms with Crippen LogP contribution in [0.1, 0.15) is 0 Å². The van der Waals surface area contributed by atoms with Crippen LogP contribution in [0.4, 0.5) is 0 Å². The number of ether oxygens (including phenoxy) is 11. The summed E-state index contributed by atoms with van der Waals surface area (Å²) in [7, 11) is -5.30. The predicted molar refractivity (Wildman–Crippen MR) is 210 cm³/mol. The summed E-state index contributed by atoms with van der Waals surface area (Å²) in [5.74, 6) is 0. The second-order valence-electron chi connectivity index (χ2n) is 17.3. The molecule has 0 amide bonds. The Kier molecular flexibility index (Phi) is 20.8. The summed E-state index contributed by atoms with van der Waals surface area (Å²) in [5, 5.41) is 200. The van der Waals surface area contributed by atoms with Crippen molar-refractivity contribution in [2.75, 3.05) is 39.6 Å². The largest absolute Gasteiger partial charge is 0.472 e. The maximum atomic E-state index is 11.3. The Morgan fingerprint density at radius 1 is 0.282 bits per heavy atom. The van der Waals surface area contributed by atoms with E-state index in [0.717, 1.165) is 0 Å². The van der Waals surface area contributed by atoms with Crippen LogP contribution >= 0.6 is 7.82 Å². The number of rotatable bonds is 18. The average Bonchev–Trinajstić information content (AvgIpc) is 3.34. The molecular weight excluding hydrogens is 1010 g/mol. The number of aliphatic hydroxyl groups is 19. The van der Waals surface area contributed by atoms with E-state index in [1.165, 1.54) is 0 Å². The van der Waals surface area contributed by atoms with Gasteiger partial charge in [0.05, 0.1) is 39.6 Å². The van der Waals surface area contributed by atoms with Crippen LogP contribution in [0.3, 0.4) is 0 Å². The molecule has 0 aromatic heterocycles. The zero-order chi connectivity index (χ0) is 52.5. The summed E-state index contributed by atoms with van der Waals surface area (Å²) in [6.07, 6.45) is -58.7. The third kappa shape index (κ3) is 12.7. The Labute approximate surface area is 399 Å². The molecule has 35 heteroatoms. The van der Waals surface area contributed by atoms with Crippen LogP contribution in [0.25, 0.3) is 0 Å². The van der Waals surface area contributed by atoms with Gasteiger partial charge >= 0.3 is 7.82 Å². The third-order valence-electron chi connectivity index (χ3n) is 12.6. The zero-order valence-corrected chi connectivity index (χ0v) is 37.6. The van der Waals surface area contributed by atoms with Gasteiger partial charge in [-0.2, -0.15) is 0 Å². The average molecular weight is 1070 g/mol. The molecule has 0 aromatic rings. The maximum absolute atomic E-state index is 11.3. The van der Waals surface area contributed by atoms with Crippen LogP contribution < -0.4 is 0 Å². The molecule has 6 aliphatic rings. The lowest BCUT2D eigenvalue weighted by Gasteiger charge is -2.49. The fraction of sp³-hybridized carbons (Fsp3) is 1.00. The molecule has 21 N–H and O–H groups in total. The standard InChI is InChI=1S/C36H63O34P/c37-1-7-13(43)14(44)20(50)31(59-7)65-26-8(2-38)60-32(21(51)15(26)45)66-27-9(3-39)61-33(22(52)16(27)46)67-28-10(4-40)62-34(23(53)17(28)47)68-29-11(5-41)63-35(24(54)18(29)48)69-30-12(6-42)64-36(25(55)19(30)49)70-71(56,57)58/h7-55H,1-6H2,(H2,56,57,58)/t7-,8-,9-,10-,11-,12-,13-,14+,15-,16-,17-,18-,19-,20-,21-,22-,23-,24-,25-,26-,27-,28-,29-,30-,31-,32-,33-,34-,35-,36-/m1/s1. The number of phosphoric acid groups is 1. The Hall–Kier alpha value is -1.09. The first-order valence-corrected chi connectivity index (χ1v) is 23.4. The smallest absolute Gasteiger partial charge is 0.394 e. The Morgan fingerprint density at radius 2 is 0.479 bits per heavy atom. The van der Waals surface area contributed by atoms with Gasteiger partial charge in [-0.05, 0) is 0 Å². The van der Waals surface area contributed by atoms with E-state index in [1.54, 1.807) is 0 Å². The highest BCUT2D eigenvalue weighted by molar-refractivity contribution is 7.46. The molecular formula is C36H63O34P. The van der Waals surface area contributed by atoms with Crippen molar-refractivity contribution < 1.29 is 168 Å². The van der Waals surface area contributed by atoms with E-state index in [2.05, 4.69) is 4.52 Å². The first kappa shape index (κ1) is 59.2. The Bertz CT molecular complexity index is 1680. The molecule has 0 aliphatic carbocycles. The van der Waals surface area contributed by atoms with Crippen LogP contribution in [-0.2, 0) is 61.2 Å². The van der Waals surface area contributed by atoms with Gasteiger partial charge in [0, 0.05) is 0 Å². The van der Waals surface area contributed by atoms with Crippen molar-refractivity contribution in [3.8, 4) is 0 Å². The highest BCUT2D eigenvalue weighted by Gasteiger charge is 2.58. The molecule has 6 heterocycles.